The van der Waals surface area contributed by atoms with Crippen LogP contribution in [0.15, 0.2) is 83.3 Å². The van der Waals surface area contributed by atoms with Gasteiger partial charge in [-0.1, -0.05) is 78.5 Å². The fraction of sp³-hybridized carbons (Fsp3) is 0.174. The highest BCUT2D eigenvalue weighted by Crippen LogP contribution is 2.25. The average molecular weight is 450 g/mol. The van der Waals surface area contributed by atoms with Crippen molar-refractivity contribution in [3.05, 3.63) is 89.3 Å². The van der Waals surface area contributed by atoms with Crippen molar-refractivity contribution in [3.63, 3.8) is 0 Å². The molecule has 0 fully saturated rings. The van der Waals surface area contributed by atoms with Gasteiger partial charge in [-0.25, -0.2) is 4.68 Å². The van der Waals surface area contributed by atoms with Crippen LogP contribution in [0.3, 0.4) is 0 Å². The van der Waals surface area contributed by atoms with Gasteiger partial charge in [-0.15, -0.1) is 21.5 Å². The van der Waals surface area contributed by atoms with Crippen molar-refractivity contribution in [1.29, 1.82) is 0 Å². The Balaban J connectivity index is 1.42. The minimum Gasteiger partial charge on any atom is -0.337 e. The number of nitrogens with zero attached hydrogens (tertiary/aromatic N) is 4. The van der Waals surface area contributed by atoms with Crippen molar-refractivity contribution < 1.29 is 4.79 Å². The summed E-state index contributed by atoms with van der Waals surface area (Å²) in [6.45, 7) is 1.22. The molecule has 2 aromatic carbocycles. The van der Waals surface area contributed by atoms with Crippen LogP contribution < -0.4 is 5.84 Å². The number of hydrogen-bond acceptors (Lipinski definition) is 6. The first-order valence-corrected chi connectivity index (χ1v) is 11.8. The number of nitrogens with two attached hydrogens (primary N) is 1. The first kappa shape index (κ1) is 21.1. The summed E-state index contributed by atoms with van der Waals surface area (Å²) >= 11 is 2.86. The number of carbonyl (C=O) groups is 1. The normalized spacial score (nSPS) is 10.8. The molecule has 6 nitrogen and oxygen atoms in total. The fourth-order valence-electron chi connectivity index (χ4n) is 3.17. The van der Waals surface area contributed by atoms with Gasteiger partial charge in [0.2, 0.25) is 11.1 Å². The lowest BCUT2D eigenvalue weighted by molar-refractivity contribution is -0.128. The largest absolute Gasteiger partial charge is 0.337 e. The predicted octanol–water partition coefficient (Wildman–Crippen LogP) is 4.08. The van der Waals surface area contributed by atoms with Crippen molar-refractivity contribution in [2.45, 2.75) is 18.1 Å². The number of amides is 1. The zero-order chi connectivity index (χ0) is 21.5. The Labute approximate surface area is 189 Å². The van der Waals surface area contributed by atoms with Gasteiger partial charge < -0.3 is 10.7 Å². The standard InChI is InChI=1S/C23H23N5OS2/c24-28-22(20-12-7-15-30-20)25-26-23(28)31-17-21(29)27(16-19-10-5-2-6-11-19)14-13-18-8-3-1-4-9-18/h1-12,15H,13-14,16-17,24H2. The monoisotopic (exact) mass is 449 g/mol. The molecular formula is C23H23N5OS2. The summed E-state index contributed by atoms with van der Waals surface area (Å²) in [5.41, 5.74) is 2.32. The zero-order valence-corrected chi connectivity index (χ0v) is 18.6. The van der Waals surface area contributed by atoms with Gasteiger partial charge in [0, 0.05) is 13.1 Å². The second-order valence-corrected chi connectivity index (χ2v) is 8.87. The Morgan fingerprint density at radius 1 is 0.968 bits per heavy atom. The van der Waals surface area contributed by atoms with Crippen LogP contribution in [-0.4, -0.2) is 38.0 Å². The van der Waals surface area contributed by atoms with Crippen LogP contribution in [0.4, 0.5) is 0 Å². The summed E-state index contributed by atoms with van der Waals surface area (Å²) in [5, 5.41) is 10.8. The van der Waals surface area contributed by atoms with E-state index in [1.54, 1.807) is 11.3 Å². The molecule has 2 N–H and O–H groups in total. The topological polar surface area (TPSA) is 77.0 Å². The number of benzene rings is 2. The van der Waals surface area contributed by atoms with Gasteiger partial charge in [-0.3, -0.25) is 4.79 Å². The number of thiophene rings is 1. The molecular weight excluding hydrogens is 426 g/mol. The van der Waals surface area contributed by atoms with E-state index in [0.29, 0.717) is 24.1 Å². The Morgan fingerprint density at radius 2 is 1.68 bits per heavy atom. The third kappa shape index (κ3) is 5.53. The van der Waals surface area contributed by atoms with Crippen LogP contribution in [0.1, 0.15) is 11.1 Å². The van der Waals surface area contributed by atoms with Crippen molar-refractivity contribution in [2.24, 2.45) is 0 Å². The van der Waals surface area contributed by atoms with Gasteiger partial charge in [0.25, 0.3) is 0 Å². The molecule has 0 spiro atoms. The Morgan fingerprint density at radius 3 is 2.35 bits per heavy atom. The molecule has 0 atom stereocenters. The number of hydrogen-bond donors (Lipinski definition) is 1. The summed E-state index contributed by atoms with van der Waals surface area (Å²) < 4.78 is 1.45. The summed E-state index contributed by atoms with van der Waals surface area (Å²) in [5.74, 6) is 7.07. The van der Waals surface area contributed by atoms with Gasteiger partial charge in [0.1, 0.15) is 0 Å². The molecule has 2 aromatic heterocycles. The first-order chi connectivity index (χ1) is 15.2. The van der Waals surface area contributed by atoms with Gasteiger partial charge in [-0.2, -0.15) is 0 Å². The Kier molecular flexibility index (Phi) is 7.01. The van der Waals surface area contributed by atoms with E-state index < -0.39 is 0 Å². The van der Waals surface area contributed by atoms with Crippen LogP contribution in [0.5, 0.6) is 0 Å². The molecule has 0 radical (unpaired) electrons. The van der Waals surface area contributed by atoms with E-state index in [4.69, 9.17) is 5.84 Å². The molecule has 0 saturated carbocycles. The van der Waals surface area contributed by atoms with Gasteiger partial charge in [-0.05, 0) is 29.0 Å². The van der Waals surface area contributed by atoms with Crippen LogP contribution in [-0.2, 0) is 17.8 Å². The molecule has 0 bridgehead atoms. The van der Waals surface area contributed by atoms with E-state index in [9.17, 15) is 4.79 Å². The van der Waals surface area contributed by atoms with Crippen LogP contribution >= 0.6 is 23.1 Å². The van der Waals surface area contributed by atoms with Gasteiger partial charge in [0.05, 0.1) is 10.6 Å². The number of carbonyl (C=O) groups excluding carboxylic acids is 1. The molecule has 0 aliphatic carbocycles. The van der Waals surface area contributed by atoms with Crippen molar-refractivity contribution in [1.82, 2.24) is 19.8 Å². The molecule has 8 heteroatoms. The van der Waals surface area contributed by atoms with Gasteiger partial charge in [0.15, 0.2) is 5.82 Å². The van der Waals surface area contributed by atoms with Crippen molar-refractivity contribution >= 4 is 29.0 Å². The highest BCUT2D eigenvalue weighted by atomic mass is 32.2. The first-order valence-electron chi connectivity index (χ1n) is 9.93. The van der Waals surface area contributed by atoms with Crippen LogP contribution in [0, 0.1) is 0 Å². The van der Waals surface area contributed by atoms with Crippen molar-refractivity contribution in [3.8, 4) is 10.7 Å². The third-order valence-electron chi connectivity index (χ3n) is 4.81. The second kappa shape index (κ2) is 10.3. The van der Waals surface area contributed by atoms with Gasteiger partial charge >= 0.3 is 0 Å². The molecule has 31 heavy (non-hydrogen) atoms. The molecule has 4 aromatic rings. The van der Waals surface area contributed by atoms with E-state index in [0.717, 1.165) is 16.9 Å². The Bertz CT molecular complexity index is 1100. The fourth-order valence-corrected chi connectivity index (χ4v) is 4.64. The Hall–Kier alpha value is -3.10. The minimum absolute atomic E-state index is 0.0467. The average Bonchev–Trinajstić information content (AvgIpc) is 3.46. The molecule has 0 aliphatic heterocycles. The maximum absolute atomic E-state index is 13.1. The minimum atomic E-state index is 0.0467. The lowest BCUT2D eigenvalue weighted by Crippen LogP contribution is -2.34. The van der Waals surface area contributed by atoms with Crippen LogP contribution in [0.25, 0.3) is 10.7 Å². The number of nitrogen functional groups attached to an aromatic ring is 1. The molecule has 158 valence electrons. The summed E-state index contributed by atoms with van der Waals surface area (Å²) in [6, 6.07) is 24.2. The van der Waals surface area contributed by atoms with E-state index in [-0.39, 0.29) is 11.7 Å². The summed E-state index contributed by atoms with van der Waals surface area (Å²) in [4.78, 5) is 15.9. The second-order valence-electron chi connectivity index (χ2n) is 6.98. The SMILES string of the molecule is Nn1c(SCC(=O)N(CCc2ccccc2)Cc2ccccc2)nnc1-c1cccs1. The van der Waals surface area contributed by atoms with E-state index >= 15 is 0 Å². The lowest BCUT2D eigenvalue weighted by Gasteiger charge is -2.23. The maximum atomic E-state index is 13.1. The lowest BCUT2D eigenvalue weighted by atomic mass is 10.1. The molecule has 2 heterocycles. The van der Waals surface area contributed by atoms with E-state index in [1.807, 2.05) is 70.9 Å². The summed E-state index contributed by atoms with van der Waals surface area (Å²) in [7, 11) is 0. The number of thioether (sulfide) groups is 1. The number of rotatable bonds is 9. The molecule has 0 unspecified atom stereocenters. The number of aromatic nitrogens is 3. The molecule has 0 saturated heterocycles. The summed E-state index contributed by atoms with van der Waals surface area (Å²) in [6.07, 6.45) is 0.805. The smallest absolute Gasteiger partial charge is 0.233 e. The van der Waals surface area contributed by atoms with Crippen LogP contribution in [0.2, 0.25) is 0 Å². The zero-order valence-electron chi connectivity index (χ0n) is 16.9. The van der Waals surface area contributed by atoms with E-state index in [1.165, 1.54) is 22.0 Å². The maximum Gasteiger partial charge on any atom is 0.233 e. The predicted molar refractivity (Wildman–Crippen MR) is 126 cm³/mol. The molecule has 0 aliphatic rings. The highest BCUT2D eigenvalue weighted by Gasteiger charge is 2.18. The highest BCUT2D eigenvalue weighted by molar-refractivity contribution is 7.99. The molecule has 4 rings (SSSR count). The third-order valence-corrected chi connectivity index (χ3v) is 6.61. The van der Waals surface area contributed by atoms with Crippen molar-refractivity contribution in [2.75, 3.05) is 18.1 Å². The quantitative estimate of drug-likeness (QED) is 0.308. The molecule has 1 amide bonds. The van der Waals surface area contributed by atoms with E-state index in [2.05, 4.69) is 22.3 Å².